The van der Waals surface area contributed by atoms with Gasteiger partial charge in [-0.1, -0.05) is 36.4 Å². The summed E-state index contributed by atoms with van der Waals surface area (Å²) >= 11 is 0. The van der Waals surface area contributed by atoms with Gasteiger partial charge in [0.1, 0.15) is 5.82 Å². The Kier molecular flexibility index (Phi) is 3.53. The Morgan fingerprint density at radius 1 is 1.06 bits per heavy atom. The van der Waals surface area contributed by atoms with E-state index in [4.69, 9.17) is 5.11 Å². The van der Waals surface area contributed by atoms with Gasteiger partial charge in [0, 0.05) is 6.08 Å². The highest BCUT2D eigenvalue weighted by atomic mass is 19.1. The number of hydrogen-bond acceptors (Lipinski definition) is 1. The fourth-order valence-electron chi connectivity index (χ4n) is 1.70. The molecule has 90 valence electrons. The molecule has 0 saturated carbocycles. The fraction of sp³-hybridized carbons (Fsp3) is 0. The van der Waals surface area contributed by atoms with Gasteiger partial charge in [-0.3, -0.25) is 0 Å². The van der Waals surface area contributed by atoms with Crippen LogP contribution in [0.5, 0.6) is 0 Å². The summed E-state index contributed by atoms with van der Waals surface area (Å²) in [5, 5.41) is 8.64. The third-order valence-corrected chi connectivity index (χ3v) is 2.52. The maximum Gasteiger partial charge on any atom is 0.328 e. The van der Waals surface area contributed by atoms with Gasteiger partial charge in [-0.15, -0.1) is 0 Å². The second-order valence-electron chi connectivity index (χ2n) is 3.77. The molecule has 0 heterocycles. The molecule has 2 aromatic carbocycles. The number of carbonyl (C=O) groups is 1. The molecule has 1 N–H and O–H groups in total. The Morgan fingerprint density at radius 3 is 2.39 bits per heavy atom. The third kappa shape index (κ3) is 2.83. The van der Waals surface area contributed by atoms with E-state index in [0.717, 1.165) is 22.8 Å². The molecule has 2 rings (SSSR count). The molecule has 0 aromatic heterocycles. The third-order valence-electron chi connectivity index (χ3n) is 2.52. The molecule has 0 spiro atoms. The van der Waals surface area contributed by atoms with E-state index in [1.807, 2.05) is 24.3 Å². The van der Waals surface area contributed by atoms with Crippen LogP contribution in [-0.4, -0.2) is 11.1 Å². The number of rotatable bonds is 3. The quantitative estimate of drug-likeness (QED) is 0.835. The zero-order valence-corrected chi connectivity index (χ0v) is 9.51. The first-order chi connectivity index (χ1) is 8.66. The molecule has 0 aliphatic heterocycles. The Labute approximate surface area is 104 Å². The van der Waals surface area contributed by atoms with E-state index in [1.165, 1.54) is 18.2 Å². The maximum absolute atomic E-state index is 12.9. The summed E-state index contributed by atoms with van der Waals surface area (Å²) in [6.07, 6.45) is 2.61. The van der Waals surface area contributed by atoms with Crippen LogP contribution in [-0.2, 0) is 4.79 Å². The Morgan fingerprint density at radius 2 is 1.72 bits per heavy atom. The summed E-state index contributed by atoms with van der Waals surface area (Å²) in [7, 11) is 0. The second-order valence-corrected chi connectivity index (χ2v) is 3.77. The number of benzene rings is 2. The predicted octanol–water partition coefficient (Wildman–Crippen LogP) is 3.59. The van der Waals surface area contributed by atoms with Crippen molar-refractivity contribution in [1.82, 2.24) is 0 Å². The number of carboxylic acid groups (broad SMARTS) is 1. The van der Waals surface area contributed by atoms with Crippen LogP contribution in [0.1, 0.15) is 5.56 Å². The Hall–Kier alpha value is -2.42. The van der Waals surface area contributed by atoms with Crippen molar-refractivity contribution in [2.45, 2.75) is 0 Å². The SMILES string of the molecule is O=C(O)/C=C/c1ccccc1-c1ccc(F)cc1. The van der Waals surface area contributed by atoms with E-state index in [2.05, 4.69) is 0 Å². The van der Waals surface area contributed by atoms with Gasteiger partial charge in [0.2, 0.25) is 0 Å². The van der Waals surface area contributed by atoms with E-state index in [9.17, 15) is 9.18 Å². The molecule has 2 aromatic rings. The minimum Gasteiger partial charge on any atom is -0.478 e. The summed E-state index contributed by atoms with van der Waals surface area (Å²) in [6, 6.07) is 13.5. The molecular weight excluding hydrogens is 231 g/mol. The molecule has 3 heteroatoms. The van der Waals surface area contributed by atoms with E-state index < -0.39 is 5.97 Å². The van der Waals surface area contributed by atoms with Crippen LogP contribution in [0.2, 0.25) is 0 Å². The zero-order chi connectivity index (χ0) is 13.0. The lowest BCUT2D eigenvalue weighted by molar-refractivity contribution is -0.131. The van der Waals surface area contributed by atoms with Crippen LogP contribution >= 0.6 is 0 Å². The van der Waals surface area contributed by atoms with Gasteiger partial charge in [0.15, 0.2) is 0 Å². The van der Waals surface area contributed by atoms with Crippen LogP contribution in [0.25, 0.3) is 17.2 Å². The Balaban J connectivity index is 2.44. The Bertz CT molecular complexity index is 586. The van der Waals surface area contributed by atoms with Gasteiger partial charge >= 0.3 is 5.97 Å². The van der Waals surface area contributed by atoms with Gasteiger partial charge in [-0.2, -0.15) is 0 Å². The minimum atomic E-state index is -0.996. The zero-order valence-electron chi connectivity index (χ0n) is 9.51. The second kappa shape index (κ2) is 5.27. The van der Waals surface area contributed by atoms with Crippen molar-refractivity contribution in [3.63, 3.8) is 0 Å². The molecule has 0 aliphatic carbocycles. The van der Waals surface area contributed by atoms with Crippen molar-refractivity contribution >= 4 is 12.0 Å². The van der Waals surface area contributed by atoms with E-state index >= 15 is 0 Å². The van der Waals surface area contributed by atoms with Crippen molar-refractivity contribution in [2.75, 3.05) is 0 Å². The van der Waals surface area contributed by atoms with Gasteiger partial charge in [-0.05, 0) is 34.9 Å². The van der Waals surface area contributed by atoms with Crippen molar-refractivity contribution in [3.05, 3.63) is 66.0 Å². The van der Waals surface area contributed by atoms with Crippen molar-refractivity contribution in [3.8, 4) is 11.1 Å². The molecule has 18 heavy (non-hydrogen) atoms. The highest BCUT2D eigenvalue weighted by Crippen LogP contribution is 2.24. The molecule has 0 saturated heterocycles. The van der Waals surface area contributed by atoms with Gasteiger partial charge in [0.25, 0.3) is 0 Å². The van der Waals surface area contributed by atoms with E-state index in [1.54, 1.807) is 12.1 Å². The molecule has 0 radical (unpaired) electrons. The van der Waals surface area contributed by atoms with Gasteiger partial charge < -0.3 is 5.11 Å². The topological polar surface area (TPSA) is 37.3 Å². The van der Waals surface area contributed by atoms with E-state index in [-0.39, 0.29) is 5.82 Å². The largest absolute Gasteiger partial charge is 0.478 e. The molecule has 0 unspecified atom stereocenters. The minimum absolute atomic E-state index is 0.294. The number of aliphatic carboxylic acids is 1. The van der Waals surface area contributed by atoms with Crippen molar-refractivity contribution < 1.29 is 14.3 Å². The average molecular weight is 242 g/mol. The van der Waals surface area contributed by atoms with Crippen LogP contribution in [0.4, 0.5) is 4.39 Å². The summed E-state index contributed by atoms with van der Waals surface area (Å²) in [4.78, 5) is 10.5. The molecule has 0 bridgehead atoms. The number of carboxylic acids is 1. The first-order valence-corrected chi connectivity index (χ1v) is 5.43. The molecule has 2 nitrogen and oxygen atoms in total. The summed E-state index contributed by atoms with van der Waals surface area (Å²) in [5.41, 5.74) is 2.50. The summed E-state index contributed by atoms with van der Waals surface area (Å²) in [5.74, 6) is -1.29. The average Bonchev–Trinajstić information content (AvgIpc) is 2.38. The first-order valence-electron chi connectivity index (χ1n) is 5.43. The smallest absolute Gasteiger partial charge is 0.328 e. The van der Waals surface area contributed by atoms with Crippen LogP contribution < -0.4 is 0 Å². The van der Waals surface area contributed by atoms with Crippen molar-refractivity contribution in [2.24, 2.45) is 0 Å². The lowest BCUT2D eigenvalue weighted by Gasteiger charge is -2.05. The van der Waals surface area contributed by atoms with Gasteiger partial charge in [0.05, 0.1) is 0 Å². The molecule has 0 fully saturated rings. The first kappa shape index (κ1) is 12.0. The molecule has 0 amide bonds. The van der Waals surface area contributed by atoms with Gasteiger partial charge in [-0.25, -0.2) is 9.18 Å². The fourth-order valence-corrected chi connectivity index (χ4v) is 1.70. The number of halogens is 1. The van der Waals surface area contributed by atoms with Crippen LogP contribution in [0.15, 0.2) is 54.6 Å². The lowest BCUT2D eigenvalue weighted by Crippen LogP contribution is -1.88. The monoisotopic (exact) mass is 242 g/mol. The van der Waals surface area contributed by atoms with Crippen LogP contribution in [0.3, 0.4) is 0 Å². The highest BCUT2D eigenvalue weighted by molar-refractivity contribution is 5.87. The lowest BCUT2D eigenvalue weighted by atomic mass is 9.99. The summed E-state index contributed by atoms with van der Waals surface area (Å²) in [6.45, 7) is 0. The molecule has 0 atom stereocenters. The molecule has 0 aliphatic rings. The number of hydrogen-bond donors (Lipinski definition) is 1. The van der Waals surface area contributed by atoms with Crippen molar-refractivity contribution in [1.29, 1.82) is 0 Å². The normalized spacial score (nSPS) is 10.7. The highest BCUT2D eigenvalue weighted by Gasteiger charge is 2.02. The molecular formula is C15H11FO2. The summed E-state index contributed by atoms with van der Waals surface area (Å²) < 4.78 is 12.9. The standard InChI is InChI=1S/C15H11FO2/c16-13-8-5-12(6-9-13)14-4-2-1-3-11(14)7-10-15(17)18/h1-10H,(H,17,18)/b10-7+. The van der Waals surface area contributed by atoms with E-state index in [0.29, 0.717) is 0 Å². The van der Waals surface area contributed by atoms with Crippen LogP contribution in [0, 0.1) is 5.82 Å². The predicted molar refractivity (Wildman–Crippen MR) is 68.5 cm³/mol. The maximum atomic E-state index is 12.9.